The van der Waals surface area contributed by atoms with Crippen LogP contribution in [0.2, 0.25) is 0 Å². The first kappa shape index (κ1) is 22.1. The molecule has 2 aromatic carbocycles. The number of rotatable bonds is 7. The summed E-state index contributed by atoms with van der Waals surface area (Å²) in [5, 5.41) is 0. The van der Waals surface area contributed by atoms with Crippen LogP contribution in [0, 0.1) is 12.7 Å². The number of nitrogens with zero attached hydrogens (tertiary/aromatic N) is 1. The molecule has 1 aliphatic heterocycles. The summed E-state index contributed by atoms with van der Waals surface area (Å²) in [6, 6.07) is 16.3. The Balaban J connectivity index is 1.50. The smallest absolute Gasteiger partial charge is 0.261 e. The average Bonchev–Trinajstić information content (AvgIpc) is 3.38. The monoisotopic (exact) mass is 457 g/mol. The molecule has 3 aromatic rings. The third-order valence-corrected chi connectivity index (χ3v) is 7.22. The van der Waals surface area contributed by atoms with E-state index in [0.29, 0.717) is 29.3 Å². The first-order valence-electron chi connectivity index (χ1n) is 10.3. The standard InChI is InChI=1S/C24H24FNO5S/c1-17-2-8-21(9-3-17)30-15-24(27)26(20-12-13-32(28,29)16-20)14-22-10-11-23(31-22)18-4-6-19(25)7-5-18/h2-11,20H,12-16H2,1H3/t20-/m0/s1. The minimum Gasteiger partial charge on any atom is -0.484 e. The molecule has 1 aromatic heterocycles. The SMILES string of the molecule is Cc1ccc(OCC(=O)N(Cc2ccc(-c3ccc(F)cc3)o2)[C@H]2CCS(=O)(=O)C2)cc1. The van der Waals surface area contributed by atoms with Crippen LogP contribution in [0.15, 0.2) is 65.1 Å². The molecule has 4 rings (SSSR count). The van der Waals surface area contributed by atoms with E-state index in [1.165, 1.54) is 17.0 Å². The molecule has 0 spiro atoms. The number of furan rings is 1. The van der Waals surface area contributed by atoms with Crippen LogP contribution in [0.3, 0.4) is 0 Å². The maximum absolute atomic E-state index is 13.2. The van der Waals surface area contributed by atoms with Crippen molar-refractivity contribution in [3.05, 3.63) is 77.8 Å². The van der Waals surface area contributed by atoms with Gasteiger partial charge in [-0.15, -0.1) is 0 Å². The summed E-state index contributed by atoms with van der Waals surface area (Å²) < 4.78 is 48.7. The molecule has 6 nitrogen and oxygen atoms in total. The summed E-state index contributed by atoms with van der Waals surface area (Å²) >= 11 is 0. The van der Waals surface area contributed by atoms with E-state index < -0.39 is 15.9 Å². The minimum absolute atomic E-state index is 0.0548. The normalized spacial score (nSPS) is 17.2. The van der Waals surface area contributed by atoms with Gasteiger partial charge in [0.05, 0.1) is 18.1 Å². The number of benzene rings is 2. The number of hydrogen-bond acceptors (Lipinski definition) is 5. The van der Waals surface area contributed by atoms with E-state index in [9.17, 15) is 17.6 Å². The van der Waals surface area contributed by atoms with Gasteiger partial charge in [-0.05, 0) is 61.9 Å². The third-order valence-electron chi connectivity index (χ3n) is 5.47. The molecule has 1 fully saturated rings. The Morgan fingerprint density at radius 1 is 1.09 bits per heavy atom. The van der Waals surface area contributed by atoms with Gasteiger partial charge >= 0.3 is 0 Å². The third kappa shape index (κ3) is 5.37. The van der Waals surface area contributed by atoms with Gasteiger partial charge in [0.1, 0.15) is 23.1 Å². The molecule has 1 aliphatic rings. The fraction of sp³-hybridized carbons (Fsp3) is 0.292. The van der Waals surface area contributed by atoms with E-state index in [1.807, 2.05) is 19.1 Å². The molecule has 32 heavy (non-hydrogen) atoms. The second-order valence-electron chi connectivity index (χ2n) is 7.95. The van der Waals surface area contributed by atoms with Crippen LogP contribution >= 0.6 is 0 Å². The molecule has 2 heterocycles. The quantitative estimate of drug-likeness (QED) is 0.536. The zero-order chi connectivity index (χ0) is 22.7. The molecular weight excluding hydrogens is 433 g/mol. The molecule has 8 heteroatoms. The number of carbonyl (C=O) groups excluding carboxylic acids is 1. The van der Waals surface area contributed by atoms with Gasteiger partial charge in [0.25, 0.3) is 5.91 Å². The molecule has 0 radical (unpaired) electrons. The molecule has 1 saturated heterocycles. The zero-order valence-electron chi connectivity index (χ0n) is 17.7. The van der Waals surface area contributed by atoms with E-state index in [1.54, 1.807) is 36.4 Å². The summed E-state index contributed by atoms with van der Waals surface area (Å²) in [5.41, 5.74) is 1.79. The predicted molar refractivity (Wildman–Crippen MR) is 118 cm³/mol. The topological polar surface area (TPSA) is 76.8 Å². The Morgan fingerprint density at radius 3 is 2.47 bits per heavy atom. The lowest BCUT2D eigenvalue weighted by Gasteiger charge is -2.27. The molecule has 0 N–H and O–H groups in total. The highest BCUT2D eigenvalue weighted by Crippen LogP contribution is 2.26. The molecule has 168 valence electrons. The lowest BCUT2D eigenvalue weighted by Crippen LogP contribution is -2.43. The van der Waals surface area contributed by atoms with Crippen molar-refractivity contribution in [2.45, 2.75) is 25.9 Å². The maximum atomic E-state index is 13.2. The highest BCUT2D eigenvalue weighted by Gasteiger charge is 2.35. The highest BCUT2D eigenvalue weighted by atomic mass is 32.2. The first-order chi connectivity index (χ1) is 15.3. The molecule has 1 amide bonds. The maximum Gasteiger partial charge on any atom is 0.261 e. The van der Waals surface area contributed by atoms with E-state index in [2.05, 4.69) is 0 Å². The highest BCUT2D eigenvalue weighted by molar-refractivity contribution is 7.91. The molecular formula is C24H24FNO5S. The Labute approximate surface area is 186 Å². The number of carbonyl (C=O) groups is 1. The van der Waals surface area contributed by atoms with Crippen LogP contribution in [-0.2, 0) is 21.2 Å². The Morgan fingerprint density at radius 2 is 1.81 bits per heavy atom. The number of hydrogen-bond donors (Lipinski definition) is 0. The fourth-order valence-corrected chi connectivity index (χ4v) is 5.44. The van der Waals surface area contributed by atoms with Crippen molar-refractivity contribution in [3.63, 3.8) is 0 Å². The zero-order valence-corrected chi connectivity index (χ0v) is 18.5. The van der Waals surface area contributed by atoms with E-state index in [-0.39, 0.29) is 36.4 Å². The Kier molecular flexibility index (Phi) is 6.32. The van der Waals surface area contributed by atoms with Crippen LogP contribution in [-0.4, -0.2) is 43.4 Å². The van der Waals surface area contributed by atoms with Gasteiger partial charge in [0.2, 0.25) is 0 Å². The second-order valence-corrected chi connectivity index (χ2v) is 10.2. The number of aryl methyl sites for hydroxylation is 1. The number of amides is 1. The summed E-state index contributed by atoms with van der Waals surface area (Å²) in [4.78, 5) is 14.5. The van der Waals surface area contributed by atoms with Crippen LogP contribution in [0.25, 0.3) is 11.3 Å². The van der Waals surface area contributed by atoms with Crippen molar-refractivity contribution >= 4 is 15.7 Å². The minimum atomic E-state index is -3.18. The first-order valence-corrected chi connectivity index (χ1v) is 12.2. The van der Waals surface area contributed by atoms with Crippen molar-refractivity contribution in [2.75, 3.05) is 18.1 Å². The molecule has 0 bridgehead atoms. The molecule has 0 saturated carbocycles. The summed E-state index contributed by atoms with van der Waals surface area (Å²) in [6.07, 6.45) is 0.379. The van der Waals surface area contributed by atoms with Gasteiger partial charge in [-0.1, -0.05) is 17.7 Å². The number of ether oxygens (including phenoxy) is 1. The summed E-state index contributed by atoms with van der Waals surface area (Å²) in [6.45, 7) is 1.88. The molecule has 1 atom stereocenters. The summed E-state index contributed by atoms with van der Waals surface area (Å²) in [7, 11) is -3.18. The second kappa shape index (κ2) is 9.16. The molecule has 0 unspecified atom stereocenters. The molecule has 0 aliphatic carbocycles. The van der Waals surface area contributed by atoms with Crippen molar-refractivity contribution in [3.8, 4) is 17.1 Å². The number of halogens is 1. The Hall–Kier alpha value is -3.13. The van der Waals surface area contributed by atoms with Gasteiger partial charge in [-0.3, -0.25) is 4.79 Å². The van der Waals surface area contributed by atoms with E-state index >= 15 is 0 Å². The van der Waals surface area contributed by atoms with E-state index in [4.69, 9.17) is 9.15 Å². The van der Waals surface area contributed by atoms with Gasteiger partial charge in [-0.25, -0.2) is 12.8 Å². The van der Waals surface area contributed by atoms with Crippen molar-refractivity contribution in [2.24, 2.45) is 0 Å². The lowest BCUT2D eigenvalue weighted by atomic mass is 10.2. The van der Waals surface area contributed by atoms with Gasteiger partial charge in [-0.2, -0.15) is 0 Å². The number of sulfone groups is 1. The predicted octanol–water partition coefficient (Wildman–Crippen LogP) is 3.99. The summed E-state index contributed by atoms with van der Waals surface area (Å²) in [5.74, 6) is 0.952. The van der Waals surface area contributed by atoms with Gasteiger partial charge < -0.3 is 14.1 Å². The average molecular weight is 458 g/mol. The van der Waals surface area contributed by atoms with Gasteiger partial charge in [0.15, 0.2) is 16.4 Å². The van der Waals surface area contributed by atoms with Crippen LogP contribution < -0.4 is 4.74 Å². The van der Waals surface area contributed by atoms with Crippen molar-refractivity contribution in [1.29, 1.82) is 0 Å². The Bertz CT molecular complexity index is 1190. The van der Waals surface area contributed by atoms with Gasteiger partial charge in [0, 0.05) is 11.6 Å². The van der Waals surface area contributed by atoms with Crippen molar-refractivity contribution in [1.82, 2.24) is 4.90 Å². The van der Waals surface area contributed by atoms with Crippen LogP contribution in [0.1, 0.15) is 17.7 Å². The van der Waals surface area contributed by atoms with Crippen molar-refractivity contribution < 1.29 is 26.8 Å². The fourth-order valence-electron chi connectivity index (χ4n) is 3.70. The largest absolute Gasteiger partial charge is 0.484 e. The van der Waals surface area contributed by atoms with E-state index in [0.717, 1.165) is 5.56 Å². The van der Waals surface area contributed by atoms with Crippen LogP contribution in [0.5, 0.6) is 5.75 Å². The lowest BCUT2D eigenvalue weighted by molar-refractivity contribution is -0.136. The van der Waals surface area contributed by atoms with Crippen LogP contribution in [0.4, 0.5) is 4.39 Å².